The van der Waals surface area contributed by atoms with Gasteiger partial charge in [0.05, 0.1) is 0 Å². The molecular weight excluding hydrogens is 92.1 g/mol. The summed E-state index contributed by atoms with van der Waals surface area (Å²) in [6.07, 6.45) is 1.66. The molecule has 1 aliphatic heterocycles. The Bertz CT molecular complexity index is 91.7. The van der Waals surface area contributed by atoms with E-state index in [1.54, 1.807) is 0 Å². The van der Waals surface area contributed by atoms with Gasteiger partial charge in [0.15, 0.2) is 0 Å². The van der Waals surface area contributed by atoms with Crippen molar-refractivity contribution in [2.45, 2.75) is 12.8 Å². The zero-order chi connectivity index (χ0) is 5.28. The number of nitrogens with zero attached hydrogens (tertiary/aromatic N) is 1. The molecule has 0 saturated carbocycles. The van der Waals surface area contributed by atoms with Crippen molar-refractivity contribution in [1.29, 1.82) is 5.41 Å². The number of rotatable bonds is 0. The Balaban J connectivity index is 2.48. The molecule has 1 rings (SSSR count). The molecule has 0 atom stereocenters. The quantitative estimate of drug-likeness (QED) is 0.464. The Hall–Kier alpha value is -0.570. The van der Waals surface area contributed by atoms with Gasteiger partial charge in [0.2, 0.25) is 0 Å². The van der Waals surface area contributed by atoms with Crippen LogP contribution in [0.25, 0.3) is 0 Å². The van der Waals surface area contributed by atoms with Gasteiger partial charge in [-0.3, -0.25) is 10.6 Å². The summed E-state index contributed by atoms with van der Waals surface area (Å²) in [5.41, 5.74) is 0. The van der Waals surface area contributed by atoms with Gasteiger partial charge in [-0.25, -0.2) is 5.06 Å². The zero-order valence-electron chi connectivity index (χ0n) is 4.02. The lowest BCUT2D eigenvalue weighted by molar-refractivity contribution is -0.00405. The standard InChI is InChI=1S/C4H8N2O/c5-4-2-1-3-6(4)7/h5,7H,1-3H2. The van der Waals surface area contributed by atoms with Crippen LogP contribution in [0.4, 0.5) is 0 Å². The van der Waals surface area contributed by atoms with Crippen LogP contribution in [0.1, 0.15) is 12.8 Å². The molecule has 0 aromatic rings. The van der Waals surface area contributed by atoms with Crippen LogP contribution in [-0.4, -0.2) is 22.7 Å². The first kappa shape index (κ1) is 4.59. The fourth-order valence-electron chi connectivity index (χ4n) is 0.660. The molecule has 0 aliphatic carbocycles. The van der Waals surface area contributed by atoms with Crippen LogP contribution >= 0.6 is 0 Å². The van der Waals surface area contributed by atoms with E-state index in [-0.39, 0.29) is 0 Å². The van der Waals surface area contributed by atoms with Gasteiger partial charge in [-0.2, -0.15) is 0 Å². The van der Waals surface area contributed by atoms with Crippen molar-refractivity contribution in [3.63, 3.8) is 0 Å². The van der Waals surface area contributed by atoms with Gasteiger partial charge in [-0.15, -0.1) is 0 Å². The van der Waals surface area contributed by atoms with Gasteiger partial charge in [0, 0.05) is 13.0 Å². The molecule has 40 valence electrons. The predicted octanol–water partition coefficient (Wildman–Crippen LogP) is 0.449. The molecule has 1 aliphatic rings. The van der Waals surface area contributed by atoms with Crippen LogP contribution < -0.4 is 0 Å². The van der Waals surface area contributed by atoms with Gasteiger partial charge in [0.25, 0.3) is 0 Å². The van der Waals surface area contributed by atoms with Crippen LogP contribution in [0.3, 0.4) is 0 Å². The van der Waals surface area contributed by atoms with Crippen molar-refractivity contribution in [1.82, 2.24) is 5.06 Å². The Morgan fingerprint density at radius 2 is 2.43 bits per heavy atom. The lowest BCUT2D eigenvalue weighted by atomic mass is 10.4. The summed E-state index contributed by atoms with van der Waals surface area (Å²) in [4.78, 5) is 0. The smallest absolute Gasteiger partial charge is 0.120 e. The van der Waals surface area contributed by atoms with Crippen molar-refractivity contribution >= 4 is 5.84 Å². The number of amidine groups is 1. The normalized spacial score (nSPS) is 21.3. The van der Waals surface area contributed by atoms with E-state index >= 15 is 0 Å². The average molecular weight is 100 g/mol. The molecule has 0 aromatic carbocycles. The van der Waals surface area contributed by atoms with Gasteiger partial charge < -0.3 is 0 Å². The number of hydroxylamine groups is 2. The second-order valence-electron chi connectivity index (χ2n) is 1.67. The average Bonchev–Trinajstić information content (AvgIpc) is 1.91. The molecule has 0 bridgehead atoms. The molecule has 1 saturated heterocycles. The highest BCUT2D eigenvalue weighted by atomic mass is 16.5. The van der Waals surface area contributed by atoms with Crippen molar-refractivity contribution in [2.75, 3.05) is 6.54 Å². The van der Waals surface area contributed by atoms with E-state index in [0.717, 1.165) is 17.9 Å². The third-order valence-electron chi connectivity index (χ3n) is 1.10. The largest absolute Gasteiger partial charge is 0.287 e. The Kier molecular flexibility index (Phi) is 0.982. The molecular formula is C4H8N2O. The van der Waals surface area contributed by atoms with E-state index < -0.39 is 0 Å². The van der Waals surface area contributed by atoms with E-state index in [0.29, 0.717) is 12.4 Å². The maximum absolute atomic E-state index is 8.61. The van der Waals surface area contributed by atoms with Gasteiger partial charge in [0.1, 0.15) is 5.84 Å². The van der Waals surface area contributed by atoms with E-state index in [2.05, 4.69) is 0 Å². The molecule has 3 nitrogen and oxygen atoms in total. The summed E-state index contributed by atoms with van der Waals surface area (Å²) in [6.45, 7) is 0.638. The third-order valence-corrected chi connectivity index (χ3v) is 1.10. The fraction of sp³-hybridized carbons (Fsp3) is 0.750. The van der Waals surface area contributed by atoms with E-state index in [1.165, 1.54) is 0 Å². The monoisotopic (exact) mass is 100 g/mol. The third kappa shape index (κ3) is 0.718. The molecule has 1 fully saturated rings. The van der Waals surface area contributed by atoms with Crippen LogP contribution in [0.15, 0.2) is 0 Å². The van der Waals surface area contributed by atoms with Crippen molar-refractivity contribution < 1.29 is 5.21 Å². The van der Waals surface area contributed by atoms with Crippen LogP contribution in [-0.2, 0) is 0 Å². The van der Waals surface area contributed by atoms with Crippen molar-refractivity contribution in [2.24, 2.45) is 0 Å². The predicted molar refractivity (Wildman–Crippen MR) is 25.5 cm³/mol. The Morgan fingerprint density at radius 3 is 2.57 bits per heavy atom. The number of nitrogens with one attached hydrogen (secondary N) is 1. The Labute approximate surface area is 42.0 Å². The Morgan fingerprint density at radius 1 is 1.71 bits per heavy atom. The van der Waals surface area contributed by atoms with Crippen LogP contribution in [0.5, 0.6) is 0 Å². The molecule has 0 amide bonds. The highest BCUT2D eigenvalue weighted by Crippen LogP contribution is 2.04. The minimum absolute atomic E-state index is 0.347. The SMILES string of the molecule is N=C1CCCN1O. The van der Waals surface area contributed by atoms with Gasteiger partial charge in [-0.1, -0.05) is 0 Å². The molecule has 0 spiro atoms. The second-order valence-corrected chi connectivity index (χ2v) is 1.67. The van der Waals surface area contributed by atoms with Gasteiger partial charge >= 0.3 is 0 Å². The topological polar surface area (TPSA) is 47.3 Å². The summed E-state index contributed by atoms with van der Waals surface area (Å²) in [6, 6.07) is 0. The first-order valence-electron chi connectivity index (χ1n) is 2.34. The minimum atomic E-state index is 0.347. The number of hydrogen-bond acceptors (Lipinski definition) is 2. The number of hydrogen-bond donors (Lipinski definition) is 2. The minimum Gasteiger partial charge on any atom is -0.287 e. The summed E-state index contributed by atoms with van der Waals surface area (Å²) in [5, 5.41) is 16.5. The highest BCUT2D eigenvalue weighted by Gasteiger charge is 2.12. The molecule has 2 N–H and O–H groups in total. The fourth-order valence-corrected chi connectivity index (χ4v) is 0.660. The maximum atomic E-state index is 8.61. The van der Waals surface area contributed by atoms with E-state index in [1.807, 2.05) is 0 Å². The molecule has 0 aromatic heterocycles. The highest BCUT2D eigenvalue weighted by molar-refractivity contribution is 5.79. The summed E-state index contributed by atoms with van der Waals surface area (Å²) in [5.74, 6) is 0.347. The van der Waals surface area contributed by atoms with Gasteiger partial charge in [-0.05, 0) is 6.42 Å². The van der Waals surface area contributed by atoms with E-state index in [9.17, 15) is 0 Å². The summed E-state index contributed by atoms with van der Waals surface area (Å²) >= 11 is 0. The molecule has 3 heteroatoms. The van der Waals surface area contributed by atoms with Crippen molar-refractivity contribution in [3.05, 3.63) is 0 Å². The first-order valence-corrected chi connectivity index (χ1v) is 2.34. The van der Waals surface area contributed by atoms with Crippen molar-refractivity contribution in [3.8, 4) is 0 Å². The van der Waals surface area contributed by atoms with Crippen LogP contribution in [0.2, 0.25) is 0 Å². The van der Waals surface area contributed by atoms with Crippen LogP contribution in [0, 0.1) is 5.41 Å². The first-order chi connectivity index (χ1) is 3.30. The molecule has 0 radical (unpaired) electrons. The summed E-state index contributed by atoms with van der Waals surface area (Å²) in [7, 11) is 0. The van der Waals surface area contributed by atoms with E-state index in [4.69, 9.17) is 10.6 Å². The maximum Gasteiger partial charge on any atom is 0.120 e. The molecule has 1 heterocycles. The zero-order valence-corrected chi connectivity index (χ0v) is 4.02. The molecule has 7 heavy (non-hydrogen) atoms. The lowest BCUT2D eigenvalue weighted by Crippen LogP contribution is -2.18. The summed E-state index contributed by atoms with van der Waals surface area (Å²) < 4.78 is 0. The molecule has 0 unspecified atom stereocenters. The lowest BCUT2D eigenvalue weighted by Gasteiger charge is -2.04. The second kappa shape index (κ2) is 1.50.